The summed E-state index contributed by atoms with van der Waals surface area (Å²) < 4.78 is 10.8. The van der Waals surface area contributed by atoms with Gasteiger partial charge in [-0.25, -0.2) is 0 Å². The van der Waals surface area contributed by atoms with Gasteiger partial charge in [0.2, 0.25) is 0 Å². The summed E-state index contributed by atoms with van der Waals surface area (Å²) in [6, 6.07) is 14.8. The minimum Gasteiger partial charge on any atom is -0.493 e. The van der Waals surface area contributed by atoms with E-state index in [1.54, 1.807) is 24.1 Å². The number of likely N-dealkylation sites (N-methyl/N-ethyl adjacent to an activating group) is 1. The highest BCUT2D eigenvalue weighted by Crippen LogP contribution is 2.25. The van der Waals surface area contributed by atoms with Crippen LogP contribution in [-0.2, 0) is 11.3 Å². The Morgan fingerprint density at radius 1 is 1.13 bits per heavy atom. The van der Waals surface area contributed by atoms with Gasteiger partial charge in [0.15, 0.2) is 18.1 Å². The van der Waals surface area contributed by atoms with Gasteiger partial charge in [0.1, 0.15) is 0 Å². The van der Waals surface area contributed by atoms with Crippen LogP contribution in [0.2, 0.25) is 5.02 Å². The maximum absolute atomic E-state index is 12.4. The Morgan fingerprint density at radius 2 is 1.87 bits per heavy atom. The minimum atomic E-state index is -0.0848. The third-order valence-corrected chi connectivity index (χ3v) is 3.65. The molecule has 0 aromatic heterocycles. The second kappa shape index (κ2) is 8.44. The zero-order valence-electron chi connectivity index (χ0n) is 13.3. The molecular weight excluding hydrogens is 314 g/mol. The first kappa shape index (κ1) is 17.2. The monoisotopic (exact) mass is 333 g/mol. The highest BCUT2D eigenvalue weighted by atomic mass is 35.5. The van der Waals surface area contributed by atoms with E-state index >= 15 is 0 Å². The number of methoxy groups -OCH3 is 1. The topological polar surface area (TPSA) is 38.8 Å². The van der Waals surface area contributed by atoms with Crippen molar-refractivity contribution >= 4 is 17.5 Å². The quantitative estimate of drug-likeness (QED) is 0.774. The smallest absolute Gasteiger partial charge is 0.260 e. The lowest BCUT2D eigenvalue weighted by molar-refractivity contribution is -0.133. The van der Waals surface area contributed by atoms with Crippen LogP contribution in [0.1, 0.15) is 12.5 Å². The molecule has 0 saturated carbocycles. The van der Waals surface area contributed by atoms with Crippen LogP contribution in [0.5, 0.6) is 11.5 Å². The summed E-state index contributed by atoms with van der Waals surface area (Å²) in [5.41, 5.74) is 0.991. The van der Waals surface area contributed by atoms with Crippen molar-refractivity contribution in [1.82, 2.24) is 4.90 Å². The third kappa shape index (κ3) is 4.89. The molecule has 23 heavy (non-hydrogen) atoms. The van der Waals surface area contributed by atoms with Crippen molar-refractivity contribution in [3.05, 3.63) is 59.1 Å². The molecule has 5 heteroatoms. The van der Waals surface area contributed by atoms with Gasteiger partial charge in [-0.2, -0.15) is 0 Å². The summed E-state index contributed by atoms with van der Waals surface area (Å²) >= 11 is 5.98. The van der Waals surface area contributed by atoms with Crippen molar-refractivity contribution in [3.63, 3.8) is 0 Å². The van der Waals surface area contributed by atoms with Gasteiger partial charge < -0.3 is 14.4 Å². The van der Waals surface area contributed by atoms with Gasteiger partial charge in [-0.05, 0) is 36.8 Å². The van der Waals surface area contributed by atoms with Crippen LogP contribution < -0.4 is 9.47 Å². The predicted octanol–water partition coefficient (Wildman–Crippen LogP) is 3.78. The molecule has 2 rings (SSSR count). The first-order valence-corrected chi connectivity index (χ1v) is 7.80. The number of hydrogen-bond acceptors (Lipinski definition) is 3. The molecule has 0 unspecified atom stereocenters. The van der Waals surface area contributed by atoms with Gasteiger partial charge in [0.05, 0.1) is 7.11 Å². The molecule has 0 bridgehead atoms. The van der Waals surface area contributed by atoms with Gasteiger partial charge in [-0.1, -0.05) is 35.9 Å². The second-order valence-electron chi connectivity index (χ2n) is 4.98. The number of para-hydroxylation sites is 2. The van der Waals surface area contributed by atoms with E-state index in [4.69, 9.17) is 21.1 Å². The number of hydrogen-bond donors (Lipinski definition) is 0. The molecule has 2 aromatic rings. The summed E-state index contributed by atoms with van der Waals surface area (Å²) in [4.78, 5) is 14.1. The fourth-order valence-corrected chi connectivity index (χ4v) is 2.41. The van der Waals surface area contributed by atoms with Crippen LogP contribution in [0, 0.1) is 0 Å². The number of nitrogens with zero attached hydrogens (tertiary/aromatic N) is 1. The van der Waals surface area contributed by atoms with Gasteiger partial charge in [-0.3, -0.25) is 4.79 Å². The van der Waals surface area contributed by atoms with Gasteiger partial charge in [0.25, 0.3) is 5.91 Å². The number of amides is 1. The molecule has 1 amide bonds. The average molecular weight is 334 g/mol. The van der Waals surface area contributed by atoms with Crippen LogP contribution in [0.4, 0.5) is 0 Å². The fraction of sp³-hybridized carbons (Fsp3) is 0.278. The summed E-state index contributed by atoms with van der Waals surface area (Å²) in [5.74, 6) is 1.08. The van der Waals surface area contributed by atoms with Crippen LogP contribution in [0.25, 0.3) is 0 Å². The average Bonchev–Trinajstić information content (AvgIpc) is 2.57. The molecule has 0 N–H and O–H groups in total. The van der Waals surface area contributed by atoms with Crippen LogP contribution in [-0.4, -0.2) is 31.1 Å². The number of rotatable bonds is 7. The molecule has 0 aliphatic rings. The molecule has 4 nitrogen and oxygen atoms in total. The van der Waals surface area contributed by atoms with E-state index in [0.29, 0.717) is 29.6 Å². The molecule has 0 spiro atoms. The van der Waals surface area contributed by atoms with E-state index in [1.165, 1.54) is 0 Å². The van der Waals surface area contributed by atoms with E-state index in [2.05, 4.69) is 0 Å². The molecular formula is C18H20ClNO3. The molecule has 0 atom stereocenters. The Balaban J connectivity index is 1.97. The van der Waals surface area contributed by atoms with Gasteiger partial charge in [-0.15, -0.1) is 0 Å². The number of ether oxygens (including phenoxy) is 2. The van der Waals surface area contributed by atoms with Crippen molar-refractivity contribution < 1.29 is 14.3 Å². The van der Waals surface area contributed by atoms with Crippen molar-refractivity contribution in [2.75, 3.05) is 20.3 Å². The van der Waals surface area contributed by atoms with E-state index in [1.807, 2.05) is 43.3 Å². The maximum Gasteiger partial charge on any atom is 0.260 e. The Kier molecular flexibility index (Phi) is 6.29. The Bertz CT molecular complexity index is 660. The van der Waals surface area contributed by atoms with E-state index < -0.39 is 0 Å². The molecule has 0 saturated heterocycles. The highest BCUT2D eigenvalue weighted by molar-refractivity contribution is 6.30. The molecule has 0 fully saturated rings. The Morgan fingerprint density at radius 3 is 2.52 bits per heavy atom. The zero-order chi connectivity index (χ0) is 16.7. The van der Waals surface area contributed by atoms with Crippen LogP contribution in [0.3, 0.4) is 0 Å². The van der Waals surface area contributed by atoms with Crippen molar-refractivity contribution in [2.45, 2.75) is 13.5 Å². The second-order valence-corrected chi connectivity index (χ2v) is 5.41. The number of halogens is 1. The fourth-order valence-electron chi connectivity index (χ4n) is 2.20. The number of carbonyl (C=O) groups excluding carboxylic acids is 1. The lowest BCUT2D eigenvalue weighted by Gasteiger charge is -2.21. The Hall–Kier alpha value is -2.20. The molecule has 0 aliphatic carbocycles. The SMILES string of the molecule is CCN(Cc1cccc(Cl)c1)C(=O)COc1ccccc1OC. The predicted molar refractivity (Wildman–Crippen MR) is 91.0 cm³/mol. The highest BCUT2D eigenvalue weighted by Gasteiger charge is 2.14. The first-order chi connectivity index (χ1) is 11.1. The maximum atomic E-state index is 12.4. The zero-order valence-corrected chi connectivity index (χ0v) is 14.0. The normalized spacial score (nSPS) is 10.2. The summed E-state index contributed by atoms with van der Waals surface area (Å²) in [5, 5.41) is 0.663. The molecule has 2 aromatic carbocycles. The van der Waals surface area contributed by atoms with Gasteiger partial charge in [0, 0.05) is 18.1 Å². The molecule has 0 radical (unpaired) electrons. The van der Waals surface area contributed by atoms with Crippen molar-refractivity contribution in [1.29, 1.82) is 0 Å². The van der Waals surface area contributed by atoms with Crippen LogP contribution in [0.15, 0.2) is 48.5 Å². The number of carbonyl (C=O) groups is 1. The third-order valence-electron chi connectivity index (χ3n) is 3.42. The standard InChI is InChI=1S/C18H20ClNO3/c1-3-20(12-14-7-6-8-15(19)11-14)18(21)13-23-17-10-5-4-9-16(17)22-2/h4-11H,3,12-13H2,1-2H3. The molecule has 122 valence electrons. The van der Waals surface area contributed by atoms with E-state index in [9.17, 15) is 4.79 Å². The summed E-state index contributed by atoms with van der Waals surface area (Å²) in [6.45, 7) is 3.01. The summed E-state index contributed by atoms with van der Waals surface area (Å²) in [7, 11) is 1.57. The van der Waals surface area contributed by atoms with Gasteiger partial charge >= 0.3 is 0 Å². The van der Waals surface area contributed by atoms with E-state index in [-0.39, 0.29) is 12.5 Å². The van der Waals surface area contributed by atoms with E-state index in [0.717, 1.165) is 5.56 Å². The summed E-state index contributed by atoms with van der Waals surface area (Å²) in [6.07, 6.45) is 0. The van der Waals surface area contributed by atoms with Crippen molar-refractivity contribution in [2.24, 2.45) is 0 Å². The van der Waals surface area contributed by atoms with Crippen molar-refractivity contribution in [3.8, 4) is 11.5 Å². The lowest BCUT2D eigenvalue weighted by Crippen LogP contribution is -2.34. The largest absolute Gasteiger partial charge is 0.493 e. The molecule has 0 aliphatic heterocycles. The minimum absolute atomic E-state index is 0.0330. The Labute approximate surface area is 141 Å². The lowest BCUT2D eigenvalue weighted by atomic mass is 10.2. The number of benzene rings is 2. The first-order valence-electron chi connectivity index (χ1n) is 7.42. The molecule has 0 heterocycles. The van der Waals surface area contributed by atoms with Crippen LogP contribution >= 0.6 is 11.6 Å².